The average molecular weight is 438 g/mol. The van der Waals surface area contributed by atoms with Crippen LogP contribution in [-0.4, -0.2) is 21.1 Å². The number of amides is 1. The first-order chi connectivity index (χ1) is 15.7. The van der Waals surface area contributed by atoms with Crippen LogP contribution in [0.3, 0.4) is 0 Å². The molecule has 0 saturated heterocycles. The summed E-state index contributed by atoms with van der Waals surface area (Å²) in [6, 6.07) is 23.5. The SMILES string of the molecule is Nc1c(C(=O)NCc2ccncc2)sc2nnc(-c3ccccc3)c(-c3ccccc3)c12. The van der Waals surface area contributed by atoms with E-state index in [9.17, 15) is 4.79 Å². The number of rotatable bonds is 5. The normalized spacial score (nSPS) is 10.9. The second-order valence-corrected chi connectivity index (χ2v) is 8.22. The summed E-state index contributed by atoms with van der Waals surface area (Å²) in [5.74, 6) is -0.234. The van der Waals surface area contributed by atoms with Crippen LogP contribution in [0, 0.1) is 0 Å². The number of carbonyl (C=O) groups excluding carboxylic acids is 1. The average Bonchev–Trinajstić information content (AvgIpc) is 3.20. The Bertz CT molecular complexity index is 1390. The van der Waals surface area contributed by atoms with Crippen molar-refractivity contribution >= 4 is 33.1 Å². The molecule has 0 unspecified atom stereocenters. The number of carbonyl (C=O) groups is 1. The van der Waals surface area contributed by atoms with Gasteiger partial charge >= 0.3 is 0 Å². The lowest BCUT2D eigenvalue weighted by Gasteiger charge is -2.11. The Balaban J connectivity index is 1.63. The molecule has 0 spiro atoms. The highest BCUT2D eigenvalue weighted by molar-refractivity contribution is 7.21. The van der Waals surface area contributed by atoms with Gasteiger partial charge in [-0.25, -0.2) is 0 Å². The van der Waals surface area contributed by atoms with Gasteiger partial charge in [0.1, 0.15) is 15.4 Å². The number of nitrogens with zero attached hydrogens (tertiary/aromatic N) is 3. The summed E-state index contributed by atoms with van der Waals surface area (Å²) >= 11 is 1.26. The second-order valence-electron chi connectivity index (χ2n) is 7.22. The molecule has 0 fully saturated rings. The molecule has 156 valence electrons. The smallest absolute Gasteiger partial charge is 0.263 e. The lowest BCUT2D eigenvalue weighted by atomic mass is 9.96. The zero-order chi connectivity index (χ0) is 21.9. The number of aromatic nitrogens is 3. The maximum atomic E-state index is 13.0. The van der Waals surface area contributed by atoms with E-state index in [1.807, 2.05) is 72.8 Å². The van der Waals surface area contributed by atoms with Gasteiger partial charge in [0, 0.05) is 35.5 Å². The fourth-order valence-electron chi connectivity index (χ4n) is 3.62. The molecule has 3 N–H and O–H groups in total. The number of hydrogen-bond donors (Lipinski definition) is 2. The van der Waals surface area contributed by atoms with Crippen molar-refractivity contribution in [2.75, 3.05) is 5.73 Å². The number of anilines is 1. The quantitative estimate of drug-likeness (QED) is 0.406. The van der Waals surface area contributed by atoms with E-state index in [0.717, 1.165) is 33.3 Å². The van der Waals surface area contributed by atoms with Gasteiger partial charge in [0.2, 0.25) is 0 Å². The third-order valence-electron chi connectivity index (χ3n) is 5.17. The number of nitrogen functional groups attached to an aromatic ring is 1. The van der Waals surface area contributed by atoms with Crippen molar-refractivity contribution in [3.05, 3.63) is 95.6 Å². The van der Waals surface area contributed by atoms with Crippen molar-refractivity contribution in [1.82, 2.24) is 20.5 Å². The number of pyridine rings is 1. The molecule has 1 amide bonds. The molecule has 0 atom stereocenters. The summed E-state index contributed by atoms with van der Waals surface area (Å²) in [4.78, 5) is 18.0. The maximum absolute atomic E-state index is 13.0. The molecular formula is C25H19N5OS. The number of benzene rings is 2. The minimum atomic E-state index is -0.234. The Morgan fingerprint density at radius 1 is 0.875 bits per heavy atom. The molecule has 32 heavy (non-hydrogen) atoms. The standard InChI is InChI=1S/C25H19N5OS/c26-21-20-19(17-7-3-1-4-8-17)22(18-9-5-2-6-10-18)29-30-25(20)32-23(21)24(31)28-15-16-11-13-27-14-12-16/h1-14H,15,26H2,(H,28,31). The first kappa shape index (κ1) is 19.8. The molecule has 3 aromatic heterocycles. The molecule has 6 nitrogen and oxygen atoms in total. The molecular weight excluding hydrogens is 418 g/mol. The molecule has 2 aromatic carbocycles. The Kier molecular flexibility index (Phi) is 5.31. The molecule has 0 bridgehead atoms. The van der Waals surface area contributed by atoms with Crippen LogP contribution in [0.2, 0.25) is 0 Å². The van der Waals surface area contributed by atoms with Crippen molar-refractivity contribution in [2.24, 2.45) is 0 Å². The summed E-state index contributed by atoms with van der Waals surface area (Å²) in [5, 5.41) is 12.6. The first-order valence-corrected chi connectivity index (χ1v) is 10.9. The highest BCUT2D eigenvalue weighted by atomic mass is 32.1. The lowest BCUT2D eigenvalue weighted by Crippen LogP contribution is -2.22. The Morgan fingerprint density at radius 3 is 2.22 bits per heavy atom. The van der Waals surface area contributed by atoms with Crippen LogP contribution in [0.1, 0.15) is 15.2 Å². The van der Waals surface area contributed by atoms with Crippen LogP contribution >= 0.6 is 11.3 Å². The first-order valence-electron chi connectivity index (χ1n) is 10.1. The van der Waals surface area contributed by atoms with Crippen molar-refractivity contribution in [1.29, 1.82) is 0 Å². The molecule has 0 aliphatic heterocycles. The van der Waals surface area contributed by atoms with Crippen molar-refractivity contribution < 1.29 is 4.79 Å². The summed E-state index contributed by atoms with van der Waals surface area (Å²) in [7, 11) is 0. The third kappa shape index (κ3) is 3.70. The van der Waals surface area contributed by atoms with Gasteiger partial charge in [-0.3, -0.25) is 9.78 Å². The zero-order valence-electron chi connectivity index (χ0n) is 17.0. The molecule has 0 radical (unpaired) electrons. The largest absolute Gasteiger partial charge is 0.397 e. The van der Waals surface area contributed by atoms with Crippen LogP contribution < -0.4 is 11.1 Å². The van der Waals surface area contributed by atoms with Crippen LogP contribution in [0.4, 0.5) is 5.69 Å². The van der Waals surface area contributed by atoms with Crippen LogP contribution in [0.15, 0.2) is 85.2 Å². The fraction of sp³-hybridized carbons (Fsp3) is 0.0400. The number of nitrogens with two attached hydrogens (primary N) is 1. The summed E-state index contributed by atoms with van der Waals surface area (Å²) in [6.45, 7) is 0.390. The maximum Gasteiger partial charge on any atom is 0.263 e. The molecule has 0 aliphatic rings. The van der Waals surface area contributed by atoms with E-state index in [-0.39, 0.29) is 5.91 Å². The van der Waals surface area contributed by atoms with Gasteiger partial charge in [-0.15, -0.1) is 21.5 Å². The van der Waals surface area contributed by atoms with Gasteiger partial charge in [-0.2, -0.15) is 0 Å². The number of nitrogens with one attached hydrogen (secondary N) is 1. The number of fused-ring (bicyclic) bond motifs is 1. The Morgan fingerprint density at radius 2 is 1.53 bits per heavy atom. The number of thiophene rings is 1. The van der Waals surface area contributed by atoms with Crippen molar-refractivity contribution in [3.63, 3.8) is 0 Å². The second kappa shape index (κ2) is 8.56. The van der Waals surface area contributed by atoms with Gasteiger partial charge in [-0.05, 0) is 23.3 Å². The van der Waals surface area contributed by atoms with Crippen LogP contribution in [0.5, 0.6) is 0 Å². The van der Waals surface area contributed by atoms with E-state index in [2.05, 4.69) is 20.5 Å². The highest BCUT2D eigenvalue weighted by Crippen LogP contribution is 2.42. The zero-order valence-corrected chi connectivity index (χ0v) is 17.8. The van der Waals surface area contributed by atoms with Gasteiger partial charge in [-0.1, -0.05) is 60.7 Å². The van der Waals surface area contributed by atoms with E-state index in [1.54, 1.807) is 12.4 Å². The summed E-state index contributed by atoms with van der Waals surface area (Å²) < 4.78 is 0. The molecule has 3 heterocycles. The Labute approximate surface area is 188 Å². The van der Waals surface area contributed by atoms with Gasteiger partial charge in [0.05, 0.1) is 5.69 Å². The lowest BCUT2D eigenvalue weighted by molar-refractivity contribution is 0.0956. The van der Waals surface area contributed by atoms with E-state index in [0.29, 0.717) is 21.9 Å². The van der Waals surface area contributed by atoms with Crippen LogP contribution in [0.25, 0.3) is 32.6 Å². The van der Waals surface area contributed by atoms with Gasteiger partial charge in [0.25, 0.3) is 5.91 Å². The predicted molar refractivity (Wildman–Crippen MR) is 128 cm³/mol. The highest BCUT2D eigenvalue weighted by Gasteiger charge is 2.23. The molecule has 0 saturated carbocycles. The van der Waals surface area contributed by atoms with E-state index in [1.165, 1.54) is 11.3 Å². The van der Waals surface area contributed by atoms with E-state index < -0.39 is 0 Å². The fourth-order valence-corrected chi connectivity index (χ4v) is 4.59. The molecule has 5 rings (SSSR count). The number of hydrogen-bond acceptors (Lipinski definition) is 6. The topological polar surface area (TPSA) is 93.8 Å². The monoisotopic (exact) mass is 437 g/mol. The van der Waals surface area contributed by atoms with E-state index in [4.69, 9.17) is 5.73 Å². The Hall–Kier alpha value is -4.10. The van der Waals surface area contributed by atoms with Crippen molar-refractivity contribution in [2.45, 2.75) is 6.54 Å². The molecule has 0 aliphatic carbocycles. The predicted octanol–water partition coefficient (Wildman–Crippen LogP) is 4.93. The minimum Gasteiger partial charge on any atom is -0.397 e. The van der Waals surface area contributed by atoms with Crippen molar-refractivity contribution in [3.8, 4) is 22.4 Å². The molecule has 5 aromatic rings. The van der Waals surface area contributed by atoms with E-state index >= 15 is 0 Å². The summed E-state index contributed by atoms with van der Waals surface area (Å²) in [5.41, 5.74) is 11.5. The van der Waals surface area contributed by atoms with Crippen LogP contribution in [-0.2, 0) is 6.54 Å². The van der Waals surface area contributed by atoms with Gasteiger partial charge < -0.3 is 11.1 Å². The third-order valence-corrected chi connectivity index (χ3v) is 6.26. The molecule has 7 heteroatoms. The summed E-state index contributed by atoms with van der Waals surface area (Å²) in [6.07, 6.45) is 3.39. The minimum absolute atomic E-state index is 0.234. The van der Waals surface area contributed by atoms with Gasteiger partial charge in [0.15, 0.2) is 0 Å².